The van der Waals surface area contributed by atoms with Crippen molar-refractivity contribution >= 4 is 18.3 Å². The molecule has 1 aliphatic carbocycles. The molecule has 1 amide bonds. The van der Waals surface area contributed by atoms with Crippen LogP contribution in [0.5, 0.6) is 0 Å². The van der Waals surface area contributed by atoms with Crippen molar-refractivity contribution in [3.05, 3.63) is 35.1 Å². The number of hydrogen-bond acceptors (Lipinski definition) is 2. The van der Waals surface area contributed by atoms with Crippen molar-refractivity contribution in [1.82, 2.24) is 10.6 Å². The fourth-order valence-electron chi connectivity index (χ4n) is 2.78. The summed E-state index contributed by atoms with van der Waals surface area (Å²) in [6.45, 7) is 2.66. The fourth-order valence-corrected chi connectivity index (χ4v) is 2.78. The minimum atomic E-state index is -0.420. The molecular formula is C16H22ClFN2O. The molecule has 0 spiro atoms. The number of halogens is 2. The smallest absolute Gasteiger partial charge is 0.254 e. The van der Waals surface area contributed by atoms with Crippen LogP contribution in [0.4, 0.5) is 4.39 Å². The highest BCUT2D eigenvalue weighted by atomic mass is 35.5. The minimum absolute atomic E-state index is 0. The van der Waals surface area contributed by atoms with Gasteiger partial charge in [-0.1, -0.05) is 6.07 Å². The van der Waals surface area contributed by atoms with Crippen LogP contribution in [-0.4, -0.2) is 25.5 Å². The molecule has 1 aromatic carbocycles. The average molecular weight is 313 g/mol. The molecule has 0 atom stereocenters. The Morgan fingerprint density at radius 2 is 1.95 bits per heavy atom. The normalized spacial score (nSPS) is 18.9. The van der Waals surface area contributed by atoms with Gasteiger partial charge in [-0.25, -0.2) is 4.39 Å². The van der Waals surface area contributed by atoms with Crippen LogP contribution in [0.1, 0.15) is 47.5 Å². The van der Waals surface area contributed by atoms with E-state index in [1.165, 1.54) is 18.9 Å². The molecule has 2 aliphatic rings. The third-order valence-electron chi connectivity index (χ3n) is 4.29. The van der Waals surface area contributed by atoms with Crippen LogP contribution in [0, 0.1) is 11.7 Å². The lowest BCUT2D eigenvalue weighted by molar-refractivity contribution is 0.0947. The van der Waals surface area contributed by atoms with Crippen molar-refractivity contribution in [3.8, 4) is 0 Å². The van der Waals surface area contributed by atoms with Gasteiger partial charge in [0.1, 0.15) is 5.82 Å². The number of benzene rings is 1. The zero-order valence-electron chi connectivity index (χ0n) is 12.0. The molecule has 0 aromatic heterocycles. The van der Waals surface area contributed by atoms with Crippen molar-refractivity contribution in [2.75, 3.05) is 19.6 Å². The summed E-state index contributed by atoms with van der Waals surface area (Å²) in [6.07, 6.45) is 4.46. The zero-order valence-corrected chi connectivity index (χ0v) is 12.8. The number of piperidine rings is 1. The van der Waals surface area contributed by atoms with Gasteiger partial charge in [0.2, 0.25) is 0 Å². The van der Waals surface area contributed by atoms with Crippen molar-refractivity contribution in [2.24, 2.45) is 5.92 Å². The number of carbonyl (C=O) groups is 1. The molecule has 1 aliphatic heterocycles. The van der Waals surface area contributed by atoms with Crippen LogP contribution in [0.2, 0.25) is 0 Å². The van der Waals surface area contributed by atoms with E-state index in [0.29, 0.717) is 18.4 Å². The first-order chi connectivity index (χ1) is 9.74. The number of rotatable bonds is 4. The van der Waals surface area contributed by atoms with E-state index in [-0.39, 0.29) is 23.9 Å². The molecule has 1 saturated carbocycles. The molecule has 1 heterocycles. The number of nitrogens with one attached hydrogen (secondary N) is 2. The van der Waals surface area contributed by atoms with E-state index in [9.17, 15) is 9.18 Å². The average Bonchev–Trinajstić information content (AvgIpc) is 3.30. The molecule has 0 radical (unpaired) electrons. The molecule has 2 fully saturated rings. The largest absolute Gasteiger partial charge is 0.352 e. The molecule has 0 unspecified atom stereocenters. The highest BCUT2D eigenvalue weighted by Crippen LogP contribution is 2.28. The maximum absolute atomic E-state index is 13.9. The third-order valence-corrected chi connectivity index (χ3v) is 4.29. The minimum Gasteiger partial charge on any atom is -0.352 e. The van der Waals surface area contributed by atoms with Gasteiger partial charge in [-0.3, -0.25) is 4.79 Å². The standard InChI is InChI=1S/C16H21FN2O.ClH/c17-15-4-3-13(12-5-7-18-8-6-12)9-14(15)16(20)19-10-11-1-2-11;/h3-4,9,11-12,18H,1-2,5-8,10H2,(H,19,20);1H. The molecule has 116 valence electrons. The fraction of sp³-hybridized carbons (Fsp3) is 0.562. The quantitative estimate of drug-likeness (QED) is 0.897. The Hall–Kier alpha value is -1.13. The van der Waals surface area contributed by atoms with Crippen molar-refractivity contribution in [2.45, 2.75) is 31.6 Å². The SMILES string of the molecule is Cl.O=C(NCC1CC1)c1cc(C2CCNCC2)ccc1F. The van der Waals surface area contributed by atoms with Gasteiger partial charge < -0.3 is 10.6 Å². The first-order valence-corrected chi connectivity index (χ1v) is 7.52. The maximum Gasteiger partial charge on any atom is 0.254 e. The summed E-state index contributed by atoms with van der Waals surface area (Å²) in [6, 6.07) is 5.00. The molecule has 21 heavy (non-hydrogen) atoms. The molecule has 1 saturated heterocycles. The Bertz CT molecular complexity index is 499. The number of hydrogen-bond donors (Lipinski definition) is 2. The van der Waals surface area contributed by atoms with Crippen LogP contribution in [-0.2, 0) is 0 Å². The third kappa shape index (κ3) is 4.17. The number of amides is 1. The van der Waals surface area contributed by atoms with Crippen LogP contribution in [0.3, 0.4) is 0 Å². The van der Waals surface area contributed by atoms with E-state index < -0.39 is 5.82 Å². The van der Waals surface area contributed by atoms with Gasteiger partial charge in [0.15, 0.2) is 0 Å². The van der Waals surface area contributed by atoms with Crippen molar-refractivity contribution < 1.29 is 9.18 Å². The van der Waals surface area contributed by atoms with Gasteiger partial charge in [-0.2, -0.15) is 0 Å². The van der Waals surface area contributed by atoms with Gasteiger partial charge in [-0.15, -0.1) is 12.4 Å². The van der Waals surface area contributed by atoms with E-state index in [1.54, 1.807) is 6.07 Å². The predicted molar refractivity (Wildman–Crippen MR) is 83.5 cm³/mol. The monoisotopic (exact) mass is 312 g/mol. The first kappa shape index (κ1) is 16.2. The molecule has 5 heteroatoms. The van der Waals surface area contributed by atoms with Gasteiger partial charge >= 0.3 is 0 Å². The molecule has 1 aromatic rings. The number of carbonyl (C=O) groups excluding carboxylic acids is 1. The van der Waals surface area contributed by atoms with E-state index in [4.69, 9.17) is 0 Å². The predicted octanol–water partition coefficient (Wildman–Crippen LogP) is 2.85. The lowest BCUT2D eigenvalue weighted by Crippen LogP contribution is -2.28. The second kappa shape index (κ2) is 7.23. The zero-order chi connectivity index (χ0) is 13.9. The second-order valence-electron chi connectivity index (χ2n) is 5.92. The Morgan fingerprint density at radius 1 is 1.24 bits per heavy atom. The molecule has 2 N–H and O–H groups in total. The van der Waals surface area contributed by atoms with Crippen molar-refractivity contribution in [3.63, 3.8) is 0 Å². The molecular weight excluding hydrogens is 291 g/mol. The Labute approximate surface area is 131 Å². The van der Waals surface area contributed by atoms with Crippen LogP contribution >= 0.6 is 12.4 Å². The van der Waals surface area contributed by atoms with E-state index in [0.717, 1.165) is 31.5 Å². The second-order valence-corrected chi connectivity index (χ2v) is 5.92. The lowest BCUT2D eigenvalue weighted by Gasteiger charge is -2.23. The van der Waals surface area contributed by atoms with Crippen LogP contribution in [0.15, 0.2) is 18.2 Å². The maximum atomic E-state index is 13.9. The first-order valence-electron chi connectivity index (χ1n) is 7.52. The molecule has 3 nitrogen and oxygen atoms in total. The van der Waals surface area contributed by atoms with Gasteiger partial charge in [0.05, 0.1) is 5.56 Å². The summed E-state index contributed by atoms with van der Waals surface area (Å²) in [4.78, 5) is 12.1. The lowest BCUT2D eigenvalue weighted by atomic mass is 9.89. The Balaban J connectivity index is 0.00000161. The summed E-state index contributed by atoms with van der Waals surface area (Å²) < 4.78 is 13.9. The topological polar surface area (TPSA) is 41.1 Å². The Morgan fingerprint density at radius 3 is 2.62 bits per heavy atom. The Kier molecular flexibility index (Phi) is 5.59. The summed E-state index contributed by atoms with van der Waals surface area (Å²) >= 11 is 0. The molecule has 3 rings (SSSR count). The van der Waals surface area contributed by atoms with Crippen LogP contribution < -0.4 is 10.6 Å². The summed E-state index contributed by atoms with van der Waals surface area (Å²) in [7, 11) is 0. The summed E-state index contributed by atoms with van der Waals surface area (Å²) in [5.41, 5.74) is 1.28. The van der Waals surface area contributed by atoms with Crippen LogP contribution in [0.25, 0.3) is 0 Å². The van der Waals surface area contributed by atoms with E-state index in [2.05, 4.69) is 10.6 Å². The highest BCUT2D eigenvalue weighted by Gasteiger charge is 2.23. The highest BCUT2D eigenvalue weighted by molar-refractivity contribution is 5.94. The summed E-state index contributed by atoms with van der Waals surface area (Å²) in [5, 5.41) is 6.16. The van der Waals surface area contributed by atoms with Crippen molar-refractivity contribution in [1.29, 1.82) is 0 Å². The summed E-state index contributed by atoms with van der Waals surface area (Å²) in [5.74, 6) is 0.350. The van der Waals surface area contributed by atoms with E-state index >= 15 is 0 Å². The van der Waals surface area contributed by atoms with Gasteiger partial charge in [0, 0.05) is 6.54 Å². The molecule has 0 bridgehead atoms. The van der Waals surface area contributed by atoms with Gasteiger partial charge in [0.25, 0.3) is 5.91 Å². The van der Waals surface area contributed by atoms with E-state index in [1.807, 2.05) is 6.07 Å². The van der Waals surface area contributed by atoms with Gasteiger partial charge in [-0.05, 0) is 68.3 Å².